The number of non-ortho nitro benzene ring substituents is 1. The number of amides is 1. The molecule has 0 bridgehead atoms. The van der Waals surface area contributed by atoms with E-state index in [0.717, 1.165) is 0 Å². The number of allylic oxidation sites excluding steroid dienone is 2. The fraction of sp³-hybridized carbons (Fsp3) is 0.200. The number of fused-ring (bicyclic) bond motifs is 1. The number of primary amides is 1. The number of ether oxygens (including phenoxy) is 1. The second kappa shape index (κ2) is 8.76. The number of benzene rings is 2. The molecule has 0 spiro atoms. The highest BCUT2D eigenvalue weighted by atomic mass is 16.6. The van der Waals surface area contributed by atoms with Crippen LogP contribution in [0.15, 0.2) is 72.5 Å². The normalized spacial score (nSPS) is 24.5. The molecule has 0 aromatic heterocycles. The van der Waals surface area contributed by atoms with Crippen molar-refractivity contribution >= 4 is 17.4 Å². The van der Waals surface area contributed by atoms with Gasteiger partial charge in [-0.25, -0.2) is 0 Å². The Morgan fingerprint density at radius 1 is 1.20 bits per heavy atom. The number of nitro groups is 1. The Labute approximate surface area is 200 Å². The van der Waals surface area contributed by atoms with Crippen molar-refractivity contribution in [2.45, 2.75) is 18.0 Å². The Balaban J connectivity index is 1.98. The average Bonchev–Trinajstić information content (AvgIpc) is 3.18. The summed E-state index contributed by atoms with van der Waals surface area (Å²) in [6, 6.07) is 13.7. The lowest BCUT2D eigenvalue weighted by molar-refractivity contribution is -0.384. The van der Waals surface area contributed by atoms with Crippen LogP contribution in [0.2, 0.25) is 0 Å². The third kappa shape index (κ3) is 3.58. The van der Waals surface area contributed by atoms with Crippen LogP contribution >= 0.6 is 0 Å². The number of rotatable bonds is 6. The lowest BCUT2D eigenvalue weighted by Gasteiger charge is -2.31. The van der Waals surface area contributed by atoms with Crippen LogP contribution in [0, 0.1) is 38.2 Å². The molecule has 0 saturated carbocycles. The van der Waals surface area contributed by atoms with Crippen molar-refractivity contribution in [2.75, 3.05) is 7.11 Å². The molecule has 10 heteroatoms. The van der Waals surface area contributed by atoms with Gasteiger partial charge in [-0.1, -0.05) is 18.2 Å². The quantitative estimate of drug-likeness (QED) is 0.383. The first-order valence-corrected chi connectivity index (χ1v) is 10.5. The summed E-state index contributed by atoms with van der Waals surface area (Å²) in [6.45, 7) is 0. The Morgan fingerprint density at radius 3 is 2.49 bits per heavy atom. The number of nitrogens with two attached hydrogens (primary N) is 1. The molecule has 2 aromatic rings. The molecule has 174 valence electrons. The Bertz CT molecular complexity index is 1370. The van der Waals surface area contributed by atoms with Crippen molar-refractivity contribution in [3.63, 3.8) is 0 Å². The summed E-state index contributed by atoms with van der Waals surface area (Å²) in [5.74, 6) is -2.06. The molecule has 2 aromatic carbocycles. The van der Waals surface area contributed by atoms with Crippen molar-refractivity contribution < 1.29 is 19.2 Å². The standard InChI is InChI=1S/C25H19N5O5/c1-35-19-8-6-16(7-9-19)23(31)22-21(17-3-2-4-18(11-17)30(33)34)25(14-27,24(28)32)20-10-5-15(12-26)13-29(20)22/h2-11,13,20-22H,1H3,(H2,28,32)/t20-,21+,22-,25+/m1/s1. The summed E-state index contributed by atoms with van der Waals surface area (Å²) < 4.78 is 5.15. The van der Waals surface area contributed by atoms with Crippen LogP contribution in [0.25, 0.3) is 0 Å². The summed E-state index contributed by atoms with van der Waals surface area (Å²) >= 11 is 0. The number of hydrogen-bond acceptors (Lipinski definition) is 8. The minimum absolute atomic E-state index is 0.213. The van der Waals surface area contributed by atoms with E-state index in [1.807, 2.05) is 12.1 Å². The molecule has 2 aliphatic rings. The minimum atomic E-state index is -1.95. The first-order valence-electron chi connectivity index (χ1n) is 10.5. The molecule has 0 aliphatic carbocycles. The molecular formula is C25H19N5O5. The smallest absolute Gasteiger partial charge is 0.269 e. The van der Waals surface area contributed by atoms with Gasteiger partial charge in [0, 0.05) is 29.8 Å². The van der Waals surface area contributed by atoms with Gasteiger partial charge in [0.2, 0.25) is 5.91 Å². The van der Waals surface area contributed by atoms with Crippen LogP contribution in [0.3, 0.4) is 0 Å². The molecule has 1 saturated heterocycles. The summed E-state index contributed by atoms with van der Waals surface area (Å²) in [6.07, 6.45) is 4.38. The van der Waals surface area contributed by atoms with Crippen molar-refractivity contribution in [3.8, 4) is 17.9 Å². The van der Waals surface area contributed by atoms with Crippen molar-refractivity contribution in [1.82, 2.24) is 4.90 Å². The first-order chi connectivity index (χ1) is 16.8. The van der Waals surface area contributed by atoms with Gasteiger partial charge < -0.3 is 15.4 Å². The highest BCUT2D eigenvalue weighted by Crippen LogP contribution is 2.54. The molecule has 4 rings (SSSR count). The number of methoxy groups -OCH3 is 1. The Morgan fingerprint density at radius 2 is 1.91 bits per heavy atom. The lowest BCUT2D eigenvalue weighted by Crippen LogP contribution is -2.47. The van der Waals surface area contributed by atoms with Crippen LogP contribution in [0.4, 0.5) is 5.69 Å². The van der Waals surface area contributed by atoms with E-state index in [2.05, 4.69) is 0 Å². The molecule has 2 aliphatic heterocycles. The second-order valence-electron chi connectivity index (χ2n) is 8.16. The highest BCUT2D eigenvalue weighted by Gasteiger charge is 2.65. The maximum Gasteiger partial charge on any atom is 0.269 e. The van der Waals surface area contributed by atoms with Gasteiger partial charge in [-0.2, -0.15) is 10.5 Å². The molecule has 1 fully saturated rings. The zero-order valence-electron chi connectivity index (χ0n) is 18.5. The van der Waals surface area contributed by atoms with E-state index in [9.17, 15) is 30.2 Å². The number of nitro benzene ring substituents is 1. The van der Waals surface area contributed by atoms with Gasteiger partial charge in [0.05, 0.1) is 29.7 Å². The lowest BCUT2D eigenvalue weighted by atomic mass is 9.67. The van der Waals surface area contributed by atoms with Gasteiger partial charge in [-0.3, -0.25) is 19.7 Å². The van der Waals surface area contributed by atoms with Gasteiger partial charge in [0.25, 0.3) is 5.69 Å². The number of carbonyl (C=O) groups is 2. The molecule has 2 heterocycles. The van der Waals surface area contributed by atoms with Gasteiger partial charge in [-0.05, 0) is 35.9 Å². The number of carbonyl (C=O) groups excluding carboxylic acids is 2. The summed E-state index contributed by atoms with van der Waals surface area (Å²) in [4.78, 5) is 39.2. The molecule has 0 unspecified atom stereocenters. The fourth-order valence-corrected chi connectivity index (χ4v) is 4.87. The van der Waals surface area contributed by atoms with Crippen LogP contribution < -0.4 is 10.5 Å². The van der Waals surface area contributed by atoms with Crippen LogP contribution in [-0.4, -0.2) is 40.7 Å². The van der Waals surface area contributed by atoms with E-state index >= 15 is 0 Å². The number of nitriles is 2. The van der Waals surface area contributed by atoms with E-state index < -0.39 is 40.0 Å². The van der Waals surface area contributed by atoms with Crippen LogP contribution in [0.5, 0.6) is 5.75 Å². The monoisotopic (exact) mass is 469 g/mol. The molecule has 10 nitrogen and oxygen atoms in total. The molecule has 1 amide bonds. The molecule has 0 radical (unpaired) electrons. The van der Waals surface area contributed by atoms with E-state index in [0.29, 0.717) is 5.75 Å². The second-order valence-corrected chi connectivity index (χ2v) is 8.16. The minimum Gasteiger partial charge on any atom is -0.497 e. The van der Waals surface area contributed by atoms with E-state index in [-0.39, 0.29) is 22.4 Å². The number of nitrogens with zero attached hydrogens (tertiary/aromatic N) is 4. The molecular weight excluding hydrogens is 450 g/mol. The number of ketones is 1. The van der Waals surface area contributed by atoms with E-state index in [1.165, 1.54) is 54.6 Å². The largest absolute Gasteiger partial charge is 0.497 e. The molecule has 4 atom stereocenters. The third-order valence-corrected chi connectivity index (χ3v) is 6.47. The van der Waals surface area contributed by atoms with Gasteiger partial charge in [-0.15, -0.1) is 0 Å². The zero-order valence-corrected chi connectivity index (χ0v) is 18.5. The van der Waals surface area contributed by atoms with Crippen LogP contribution in [-0.2, 0) is 4.79 Å². The summed E-state index contributed by atoms with van der Waals surface area (Å²) in [5, 5.41) is 31.3. The number of Topliss-reactive ketones (excluding diaryl/α,β-unsaturated/α-hetero) is 1. The molecule has 2 N–H and O–H groups in total. The average molecular weight is 469 g/mol. The van der Waals surface area contributed by atoms with Crippen molar-refractivity contribution in [1.29, 1.82) is 10.5 Å². The summed E-state index contributed by atoms with van der Waals surface area (Å²) in [5.41, 5.74) is 4.32. The fourth-order valence-electron chi connectivity index (χ4n) is 4.87. The topological polar surface area (TPSA) is 163 Å². The Kier molecular flexibility index (Phi) is 5.81. The zero-order chi connectivity index (χ0) is 25.3. The molecule has 35 heavy (non-hydrogen) atoms. The van der Waals surface area contributed by atoms with Gasteiger partial charge in [0.1, 0.15) is 17.9 Å². The highest BCUT2D eigenvalue weighted by molar-refractivity contribution is 6.03. The predicted molar refractivity (Wildman–Crippen MR) is 123 cm³/mol. The maximum atomic E-state index is 13.9. The van der Waals surface area contributed by atoms with Crippen molar-refractivity contribution in [2.24, 2.45) is 11.1 Å². The van der Waals surface area contributed by atoms with Crippen molar-refractivity contribution in [3.05, 3.63) is 93.7 Å². The van der Waals surface area contributed by atoms with Gasteiger partial charge in [0.15, 0.2) is 11.2 Å². The predicted octanol–water partition coefficient (Wildman–Crippen LogP) is 2.60. The SMILES string of the molecule is COc1ccc(C(=O)[C@H]2[C@H](c3cccc([N+](=O)[O-])c3)[C@@](C#N)(C(N)=O)[C@H]3C=CC(C#N)=CN23)cc1. The third-order valence-electron chi connectivity index (χ3n) is 6.47. The van der Waals surface area contributed by atoms with E-state index in [1.54, 1.807) is 24.3 Å². The van der Waals surface area contributed by atoms with Gasteiger partial charge >= 0.3 is 0 Å². The van der Waals surface area contributed by atoms with E-state index in [4.69, 9.17) is 10.5 Å². The first kappa shape index (κ1) is 23.2. The Hall–Kier alpha value is -4.96. The summed E-state index contributed by atoms with van der Waals surface area (Å²) in [7, 11) is 1.49. The van der Waals surface area contributed by atoms with Crippen LogP contribution in [0.1, 0.15) is 21.8 Å². The maximum absolute atomic E-state index is 13.9. The number of hydrogen-bond donors (Lipinski definition) is 1.